The van der Waals surface area contributed by atoms with Crippen LogP contribution in [0.2, 0.25) is 0 Å². The SMILES string of the molecule is COc1ncnc(-c2cnn(C)c2C(=O)O)c1C. The van der Waals surface area contributed by atoms with E-state index in [2.05, 4.69) is 15.1 Å². The van der Waals surface area contributed by atoms with Crippen molar-refractivity contribution in [2.75, 3.05) is 7.11 Å². The quantitative estimate of drug-likeness (QED) is 0.867. The first-order valence-electron chi connectivity index (χ1n) is 5.17. The lowest BCUT2D eigenvalue weighted by Gasteiger charge is -2.07. The first kappa shape index (κ1) is 12.0. The van der Waals surface area contributed by atoms with Gasteiger partial charge in [0.15, 0.2) is 5.69 Å². The molecule has 0 radical (unpaired) electrons. The molecule has 7 nitrogen and oxygen atoms in total. The van der Waals surface area contributed by atoms with Crippen molar-refractivity contribution in [1.82, 2.24) is 19.7 Å². The number of aromatic nitrogens is 4. The monoisotopic (exact) mass is 248 g/mol. The van der Waals surface area contributed by atoms with Crippen molar-refractivity contribution < 1.29 is 14.6 Å². The van der Waals surface area contributed by atoms with Crippen molar-refractivity contribution in [1.29, 1.82) is 0 Å². The van der Waals surface area contributed by atoms with E-state index in [1.807, 2.05) is 0 Å². The molecule has 0 aliphatic carbocycles. The normalized spacial score (nSPS) is 10.4. The van der Waals surface area contributed by atoms with Gasteiger partial charge in [0.1, 0.15) is 6.33 Å². The zero-order valence-electron chi connectivity index (χ0n) is 10.2. The largest absolute Gasteiger partial charge is 0.481 e. The predicted octanol–water partition coefficient (Wildman–Crippen LogP) is 0.892. The van der Waals surface area contributed by atoms with Crippen molar-refractivity contribution in [2.45, 2.75) is 6.92 Å². The number of aromatic carboxylic acids is 1. The number of aryl methyl sites for hydroxylation is 1. The summed E-state index contributed by atoms with van der Waals surface area (Å²) in [5, 5.41) is 13.1. The van der Waals surface area contributed by atoms with Gasteiger partial charge < -0.3 is 9.84 Å². The Morgan fingerprint density at radius 1 is 1.44 bits per heavy atom. The second-order valence-corrected chi connectivity index (χ2v) is 3.69. The Morgan fingerprint density at radius 2 is 2.17 bits per heavy atom. The molecule has 0 aromatic carbocycles. The van der Waals surface area contributed by atoms with Crippen LogP contribution in [0.1, 0.15) is 16.1 Å². The summed E-state index contributed by atoms with van der Waals surface area (Å²) in [6.07, 6.45) is 2.80. The number of carboxylic acids is 1. The standard InChI is InChI=1S/C11H12N4O3/c1-6-8(12-5-13-10(6)18-3)7-4-14-15(2)9(7)11(16)17/h4-5H,1-3H3,(H,16,17). The molecule has 2 heterocycles. The van der Waals surface area contributed by atoms with Crippen LogP contribution >= 0.6 is 0 Å². The van der Waals surface area contributed by atoms with Gasteiger partial charge >= 0.3 is 5.97 Å². The van der Waals surface area contributed by atoms with E-state index in [0.29, 0.717) is 22.7 Å². The number of rotatable bonds is 3. The Bertz CT molecular complexity index is 606. The summed E-state index contributed by atoms with van der Waals surface area (Å²) in [4.78, 5) is 19.3. The molecule has 0 aliphatic heterocycles. The fourth-order valence-electron chi connectivity index (χ4n) is 1.78. The molecule has 0 unspecified atom stereocenters. The summed E-state index contributed by atoms with van der Waals surface area (Å²) in [7, 11) is 3.07. The molecule has 2 aromatic heterocycles. The van der Waals surface area contributed by atoms with Crippen molar-refractivity contribution in [3.63, 3.8) is 0 Å². The number of carboxylic acid groups (broad SMARTS) is 1. The van der Waals surface area contributed by atoms with E-state index in [4.69, 9.17) is 4.74 Å². The molecule has 7 heteroatoms. The number of hydrogen-bond donors (Lipinski definition) is 1. The lowest BCUT2D eigenvalue weighted by molar-refractivity contribution is 0.0686. The van der Waals surface area contributed by atoms with Gasteiger partial charge in [-0.2, -0.15) is 5.10 Å². The van der Waals surface area contributed by atoms with Crippen LogP contribution in [0, 0.1) is 6.92 Å². The van der Waals surface area contributed by atoms with Crippen molar-refractivity contribution in [3.05, 3.63) is 23.8 Å². The maximum atomic E-state index is 11.2. The highest BCUT2D eigenvalue weighted by atomic mass is 16.5. The van der Waals surface area contributed by atoms with E-state index in [-0.39, 0.29) is 5.69 Å². The summed E-state index contributed by atoms with van der Waals surface area (Å²) in [5.41, 5.74) is 1.71. The Labute approximate surface area is 103 Å². The molecule has 18 heavy (non-hydrogen) atoms. The van der Waals surface area contributed by atoms with Crippen LogP contribution in [0.25, 0.3) is 11.3 Å². The molecule has 2 rings (SSSR count). The molecule has 2 aromatic rings. The van der Waals surface area contributed by atoms with Gasteiger partial charge in [-0.3, -0.25) is 4.68 Å². The molecule has 0 amide bonds. The second-order valence-electron chi connectivity index (χ2n) is 3.69. The van der Waals surface area contributed by atoms with Gasteiger partial charge in [0.2, 0.25) is 5.88 Å². The molecule has 0 saturated heterocycles. The van der Waals surface area contributed by atoms with Gasteiger partial charge in [0.25, 0.3) is 0 Å². The third-order valence-electron chi connectivity index (χ3n) is 2.63. The highest BCUT2D eigenvalue weighted by molar-refractivity contribution is 5.94. The Morgan fingerprint density at radius 3 is 2.78 bits per heavy atom. The highest BCUT2D eigenvalue weighted by Crippen LogP contribution is 2.28. The third kappa shape index (κ3) is 1.79. The fourth-order valence-corrected chi connectivity index (χ4v) is 1.78. The lowest BCUT2D eigenvalue weighted by atomic mass is 10.1. The summed E-state index contributed by atoms with van der Waals surface area (Å²) in [5.74, 6) is -0.637. The minimum Gasteiger partial charge on any atom is -0.481 e. The Balaban J connectivity index is 2.66. The number of nitrogens with zero attached hydrogens (tertiary/aromatic N) is 4. The van der Waals surface area contributed by atoms with Gasteiger partial charge in [-0.25, -0.2) is 14.8 Å². The molecule has 0 bridgehead atoms. The maximum Gasteiger partial charge on any atom is 0.354 e. The van der Waals surface area contributed by atoms with E-state index in [0.717, 1.165) is 0 Å². The van der Waals surface area contributed by atoms with E-state index in [1.165, 1.54) is 24.3 Å². The van der Waals surface area contributed by atoms with Gasteiger partial charge in [-0.15, -0.1) is 0 Å². The minimum atomic E-state index is -1.05. The van der Waals surface area contributed by atoms with E-state index >= 15 is 0 Å². The first-order chi connectivity index (χ1) is 8.56. The molecular weight excluding hydrogens is 236 g/mol. The fraction of sp³-hybridized carbons (Fsp3) is 0.273. The number of hydrogen-bond acceptors (Lipinski definition) is 5. The maximum absolute atomic E-state index is 11.2. The minimum absolute atomic E-state index is 0.0823. The number of methoxy groups -OCH3 is 1. The van der Waals surface area contributed by atoms with Gasteiger partial charge in [0, 0.05) is 12.6 Å². The van der Waals surface area contributed by atoms with Gasteiger partial charge in [-0.05, 0) is 6.92 Å². The predicted molar refractivity (Wildman–Crippen MR) is 62.5 cm³/mol. The molecule has 0 fully saturated rings. The molecule has 0 saturated carbocycles. The average molecular weight is 248 g/mol. The van der Waals surface area contributed by atoms with E-state index < -0.39 is 5.97 Å². The lowest BCUT2D eigenvalue weighted by Crippen LogP contribution is -2.07. The molecule has 94 valence electrons. The van der Waals surface area contributed by atoms with Crippen LogP contribution in [-0.4, -0.2) is 37.9 Å². The molecule has 0 atom stereocenters. The van der Waals surface area contributed by atoms with Crippen molar-refractivity contribution >= 4 is 5.97 Å². The van der Waals surface area contributed by atoms with E-state index in [9.17, 15) is 9.90 Å². The van der Waals surface area contributed by atoms with Crippen molar-refractivity contribution in [2.24, 2.45) is 7.05 Å². The van der Waals surface area contributed by atoms with Crippen LogP contribution < -0.4 is 4.74 Å². The average Bonchev–Trinajstić information content (AvgIpc) is 2.71. The number of carbonyl (C=O) groups is 1. The third-order valence-corrected chi connectivity index (χ3v) is 2.63. The summed E-state index contributed by atoms with van der Waals surface area (Å²) in [6.45, 7) is 1.77. The molecule has 0 aliphatic rings. The van der Waals surface area contributed by atoms with Gasteiger partial charge in [0.05, 0.1) is 24.6 Å². The van der Waals surface area contributed by atoms with Crippen LogP contribution in [-0.2, 0) is 7.05 Å². The summed E-state index contributed by atoms with van der Waals surface area (Å²) in [6, 6.07) is 0. The summed E-state index contributed by atoms with van der Waals surface area (Å²) >= 11 is 0. The topological polar surface area (TPSA) is 90.1 Å². The summed E-state index contributed by atoms with van der Waals surface area (Å²) < 4.78 is 6.39. The molecule has 1 N–H and O–H groups in total. The van der Waals surface area contributed by atoms with Crippen LogP contribution in [0.3, 0.4) is 0 Å². The molecule has 0 spiro atoms. The smallest absolute Gasteiger partial charge is 0.354 e. The van der Waals surface area contributed by atoms with Crippen LogP contribution in [0.5, 0.6) is 5.88 Å². The first-order valence-corrected chi connectivity index (χ1v) is 5.17. The van der Waals surface area contributed by atoms with Gasteiger partial charge in [-0.1, -0.05) is 0 Å². The zero-order chi connectivity index (χ0) is 13.3. The number of ether oxygens (including phenoxy) is 1. The Kier molecular flexibility index (Phi) is 2.97. The molecular formula is C11H12N4O3. The highest BCUT2D eigenvalue weighted by Gasteiger charge is 2.20. The second kappa shape index (κ2) is 4.44. The van der Waals surface area contributed by atoms with Crippen LogP contribution in [0.15, 0.2) is 12.5 Å². The van der Waals surface area contributed by atoms with Crippen molar-refractivity contribution in [3.8, 4) is 17.1 Å². The zero-order valence-corrected chi connectivity index (χ0v) is 10.2. The Hall–Kier alpha value is -2.44. The van der Waals surface area contributed by atoms with E-state index in [1.54, 1.807) is 14.0 Å². The van der Waals surface area contributed by atoms with Crippen LogP contribution in [0.4, 0.5) is 0 Å².